The van der Waals surface area contributed by atoms with Crippen molar-refractivity contribution in [1.29, 1.82) is 0 Å². The number of rotatable bonds is 4. The van der Waals surface area contributed by atoms with Crippen molar-refractivity contribution < 1.29 is 14.4 Å². The van der Waals surface area contributed by atoms with E-state index in [4.69, 9.17) is 0 Å². The fourth-order valence-corrected chi connectivity index (χ4v) is 3.20. The van der Waals surface area contributed by atoms with Crippen molar-refractivity contribution in [3.63, 3.8) is 0 Å². The summed E-state index contributed by atoms with van der Waals surface area (Å²) in [4.78, 5) is 36.8. The molecule has 2 heterocycles. The van der Waals surface area contributed by atoms with E-state index >= 15 is 0 Å². The smallest absolute Gasteiger partial charge is 0.322 e. The first-order valence-corrected chi connectivity index (χ1v) is 8.51. The lowest BCUT2D eigenvalue weighted by molar-refractivity contribution is -0.128. The lowest BCUT2D eigenvalue weighted by Gasteiger charge is -2.45. The van der Waals surface area contributed by atoms with Crippen LogP contribution in [0.1, 0.15) is 31.9 Å². The molecule has 1 aromatic rings. The molecule has 7 heteroatoms. The van der Waals surface area contributed by atoms with Crippen molar-refractivity contribution in [3.8, 4) is 0 Å². The van der Waals surface area contributed by atoms with Gasteiger partial charge in [-0.15, -0.1) is 0 Å². The van der Waals surface area contributed by atoms with Crippen LogP contribution in [0.2, 0.25) is 0 Å². The third-order valence-electron chi connectivity index (χ3n) is 5.05. The van der Waals surface area contributed by atoms with Crippen LogP contribution in [0.15, 0.2) is 24.3 Å². The summed E-state index contributed by atoms with van der Waals surface area (Å²) < 4.78 is 0. The average Bonchev–Trinajstić information content (AvgIpc) is 2.86. The van der Waals surface area contributed by atoms with Crippen molar-refractivity contribution in [1.82, 2.24) is 20.9 Å². The molecule has 7 nitrogen and oxygen atoms in total. The molecule has 0 aromatic heterocycles. The van der Waals surface area contributed by atoms with Gasteiger partial charge in [0.2, 0.25) is 0 Å². The molecule has 3 rings (SSSR count). The minimum absolute atomic E-state index is 0.196. The van der Waals surface area contributed by atoms with Crippen LogP contribution in [0.5, 0.6) is 0 Å². The van der Waals surface area contributed by atoms with Gasteiger partial charge in [-0.2, -0.15) is 0 Å². The van der Waals surface area contributed by atoms with Crippen molar-refractivity contribution in [2.45, 2.75) is 38.1 Å². The molecule has 2 saturated heterocycles. The van der Waals surface area contributed by atoms with Crippen molar-refractivity contribution in [2.75, 3.05) is 19.6 Å². The third-order valence-corrected chi connectivity index (χ3v) is 5.05. The highest BCUT2D eigenvalue weighted by Crippen LogP contribution is 2.26. The maximum Gasteiger partial charge on any atom is 0.322 e. The zero-order valence-electron chi connectivity index (χ0n) is 14.8. The van der Waals surface area contributed by atoms with Crippen LogP contribution in [0.4, 0.5) is 9.59 Å². The second kappa shape index (κ2) is 6.06. The van der Waals surface area contributed by atoms with E-state index in [2.05, 4.69) is 61.0 Å². The first kappa shape index (κ1) is 17.3. The minimum Gasteiger partial charge on any atom is -0.337 e. The Labute approximate surface area is 147 Å². The summed E-state index contributed by atoms with van der Waals surface area (Å²) in [7, 11) is 0. The van der Waals surface area contributed by atoms with E-state index in [1.807, 2.05) is 0 Å². The Bertz CT molecular complexity index is 706. The highest BCUT2D eigenvalue weighted by atomic mass is 16.2. The second-order valence-electron chi connectivity index (χ2n) is 7.44. The van der Waals surface area contributed by atoms with E-state index in [1.54, 1.807) is 0 Å². The van der Waals surface area contributed by atoms with Crippen LogP contribution in [0.25, 0.3) is 0 Å². The average molecular weight is 344 g/mol. The molecule has 0 bridgehead atoms. The van der Waals surface area contributed by atoms with E-state index in [0.29, 0.717) is 6.54 Å². The number of benzene rings is 1. The first-order chi connectivity index (χ1) is 11.8. The van der Waals surface area contributed by atoms with E-state index < -0.39 is 11.6 Å². The molecule has 134 valence electrons. The predicted molar refractivity (Wildman–Crippen MR) is 93.2 cm³/mol. The summed E-state index contributed by atoms with van der Waals surface area (Å²) in [5.74, 6) is -0.363. The normalized spacial score (nSPS) is 18.6. The Kier molecular flexibility index (Phi) is 4.18. The topological polar surface area (TPSA) is 90.5 Å². The number of carbonyl (C=O) groups is 3. The number of amides is 5. The van der Waals surface area contributed by atoms with Crippen LogP contribution in [0.3, 0.4) is 0 Å². The predicted octanol–water partition coefficient (Wildman–Crippen LogP) is 1.13. The number of imide groups is 1. The lowest BCUT2D eigenvalue weighted by atomic mass is 9.84. The van der Waals surface area contributed by atoms with Crippen molar-refractivity contribution in [2.24, 2.45) is 0 Å². The largest absolute Gasteiger partial charge is 0.337 e. The highest BCUT2D eigenvalue weighted by Gasteiger charge is 2.56. The Balaban J connectivity index is 1.54. The molecule has 0 aliphatic carbocycles. The Hall–Kier alpha value is -2.57. The van der Waals surface area contributed by atoms with Gasteiger partial charge in [0, 0.05) is 12.0 Å². The van der Waals surface area contributed by atoms with Gasteiger partial charge in [-0.05, 0) is 17.5 Å². The number of hydrogen-bond donors (Lipinski definition) is 3. The molecule has 2 aliphatic rings. The summed E-state index contributed by atoms with van der Waals surface area (Å²) >= 11 is 0. The summed E-state index contributed by atoms with van der Waals surface area (Å²) in [5, 5.41) is 7.72. The zero-order chi connectivity index (χ0) is 18.2. The maximum absolute atomic E-state index is 12.3. The van der Waals surface area contributed by atoms with Gasteiger partial charge in [-0.3, -0.25) is 10.1 Å². The van der Waals surface area contributed by atoms with Gasteiger partial charge in [0.1, 0.15) is 0 Å². The third kappa shape index (κ3) is 3.18. The van der Waals surface area contributed by atoms with Gasteiger partial charge in [0.15, 0.2) is 5.54 Å². The van der Waals surface area contributed by atoms with Gasteiger partial charge in [0.25, 0.3) is 5.91 Å². The Morgan fingerprint density at radius 3 is 2.40 bits per heavy atom. The van der Waals surface area contributed by atoms with E-state index in [1.165, 1.54) is 10.5 Å². The fraction of sp³-hybridized carbons (Fsp3) is 0.500. The number of hydrogen-bond acceptors (Lipinski definition) is 3. The van der Waals surface area contributed by atoms with Crippen LogP contribution in [0, 0.1) is 0 Å². The van der Waals surface area contributed by atoms with Crippen LogP contribution >= 0.6 is 0 Å². The van der Waals surface area contributed by atoms with Crippen molar-refractivity contribution >= 4 is 18.0 Å². The molecule has 1 spiro atoms. The summed E-state index contributed by atoms with van der Waals surface area (Å²) in [5.41, 5.74) is 1.29. The van der Waals surface area contributed by atoms with Gasteiger partial charge < -0.3 is 15.5 Å². The van der Waals surface area contributed by atoms with E-state index in [9.17, 15) is 14.4 Å². The number of nitrogens with one attached hydrogen (secondary N) is 3. The molecular weight excluding hydrogens is 320 g/mol. The Morgan fingerprint density at radius 2 is 1.88 bits per heavy atom. The van der Waals surface area contributed by atoms with Crippen molar-refractivity contribution in [3.05, 3.63) is 35.4 Å². The molecule has 2 fully saturated rings. The van der Waals surface area contributed by atoms with Crippen LogP contribution in [-0.2, 0) is 16.6 Å². The zero-order valence-corrected chi connectivity index (χ0v) is 14.8. The monoisotopic (exact) mass is 344 g/mol. The van der Waals surface area contributed by atoms with Gasteiger partial charge in [-0.25, -0.2) is 9.59 Å². The lowest BCUT2D eigenvalue weighted by Crippen LogP contribution is -2.73. The van der Waals surface area contributed by atoms with Gasteiger partial charge in [-0.1, -0.05) is 45.0 Å². The molecule has 1 aromatic carbocycles. The van der Waals surface area contributed by atoms with Gasteiger partial charge in [0.05, 0.1) is 13.1 Å². The first-order valence-electron chi connectivity index (χ1n) is 8.51. The Morgan fingerprint density at radius 1 is 1.24 bits per heavy atom. The summed E-state index contributed by atoms with van der Waals surface area (Å²) in [6.07, 6.45) is 0.998. The molecule has 25 heavy (non-hydrogen) atoms. The molecule has 0 atom stereocenters. The number of nitrogens with zero attached hydrogens (tertiary/aromatic N) is 1. The molecule has 0 saturated carbocycles. The molecular formula is C18H24N4O3. The molecule has 0 radical (unpaired) electrons. The number of aryl methyl sites for hydroxylation is 1. The summed E-state index contributed by atoms with van der Waals surface area (Å²) in [6.45, 7) is 7.16. The van der Waals surface area contributed by atoms with Crippen LogP contribution < -0.4 is 16.0 Å². The summed E-state index contributed by atoms with van der Waals surface area (Å²) in [6, 6.07) is 7.70. The van der Waals surface area contributed by atoms with E-state index in [-0.39, 0.29) is 30.4 Å². The quantitative estimate of drug-likeness (QED) is 0.715. The second-order valence-corrected chi connectivity index (χ2v) is 7.44. The molecule has 0 unspecified atom stereocenters. The molecule has 2 aliphatic heterocycles. The highest BCUT2D eigenvalue weighted by molar-refractivity contribution is 6.08. The fourth-order valence-electron chi connectivity index (χ4n) is 3.20. The number of likely N-dealkylation sites (tertiary alicyclic amines) is 1. The SMILES string of the molecule is CCc1ccc(C(C)(C)CNC(=O)N2CC3(C2)NC(=O)NC3=O)cc1. The number of urea groups is 2. The minimum atomic E-state index is -0.945. The van der Waals surface area contributed by atoms with Crippen LogP contribution in [-0.4, -0.2) is 48.0 Å². The maximum atomic E-state index is 12.3. The molecule has 5 amide bonds. The molecule has 3 N–H and O–H groups in total. The van der Waals surface area contributed by atoms with E-state index in [0.717, 1.165) is 12.0 Å². The van der Waals surface area contributed by atoms with Gasteiger partial charge >= 0.3 is 12.1 Å². The number of carbonyl (C=O) groups excluding carboxylic acids is 3. The standard InChI is InChI=1S/C18H24N4O3/c1-4-12-5-7-13(8-6-12)17(2,3)9-19-16(25)22-10-18(11-22)14(23)20-15(24)21-18/h5-8H,4,9-11H2,1-3H3,(H,19,25)(H2,20,21,23,24).